The van der Waals surface area contributed by atoms with Crippen molar-refractivity contribution >= 4 is 5.97 Å². The molecule has 0 bridgehead atoms. The van der Waals surface area contributed by atoms with Crippen molar-refractivity contribution in [1.82, 2.24) is 5.48 Å². The average Bonchev–Trinajstić information content (AvgIpc) is 1.65. The fourth-order valence-electron chi connectivity index (χ4n) is 0.217. The van der Waals surface area contributed by atoms with Crippen LogP contribution in [0.1, 0.15) is 6.92 Å². The summed E-state index contributed by atoms with van der Waals surface area (Å²) >= 11 is 0. The van der Waals surface area contributed by atoms with E-state index in [-0.39, 0.29) is 5.70 Å². The molecule has 0 aliphatic heterocycles. The molecule has 0 aromatic heterocycles. The highest BCUT2D eigenvalue weighted by Crippen LogP contribution is 1.81. The van der Waals surface area contributed by atoms with Crippen LogP contribution >= 0.6 is 0 Å². The number of carboxylic acids is 1. The molecule has 0 radical (unpaired) electrons. The van der Waals surface area contributed by atoms with E-state index in [2.05, 4.69) is 0 Å². The van der Waals surface area contributed by atoms with E-state index in [4.69, 9.17) is 10.3 Å². The maximum atomic E-state index is 9.74. The Hall–Kier alpha value is -1.03. The maximum Gasteiger partial charge on any atom is 0.330 e. The van der Waals surface area contributed by atoms with Gasteiger partial charge in [0.1, 0.15) is 0 Å². The average molecular weight is 117 g/mol. The summed E-state index contributed by atoms with van der Waals surface area (Å²) in [4.78, 5) is 9.74. The van der Waals surface area contributed by atoms with Crippen molar-refractivity contribution < 1.29 is 15.1 Å². The van der Waals surface area contributed by atoms with Gasteiger partial charge in [-0.05, 0) is 6.92 Å². The molecule has 0 rings (SSSR count). The first-order chi connectivity index (χ1) is 3.66. The Kier molecular flexibility index (Phi) is 2.64. The van der Waals surface area contributed by atoms with Gasteiger partial charge in [0.15, 0.2) is 0 Å². The predicted octanol–water partition coefficient (Wildman–Crippen LogP) is -0.0464. The van der Waals surface area contributed by atoms with Gasteiger partial charge in [0.25, 0.3) is 0 Å². The molecule has 0 atom stereocenters. The molecular weight excluding hydrogens is 110 g/mol. The molecule has 8 heavy (non-hydrogen) atoms. The Labute approximate surface area is 46.4 Å². The lowest BCUT2D eigenvalue weighted by Gasteiger charge is -1.91. The second-order valence-electron chi connectivity index (χ2n) is 1.28. The first-order valence-electron chi connectivity index (χ1n) is 1.98. The number of allylic oxidation sites excluding steroid dienone is 1. The lowest BCUT2D eigenvalue weighted by molar-refractivity contribution is -0.131. The molecule has 0 aliphatic rings. The van der Waals surface area contributed by atoms with Crippen molar-refractivity contribution in [3.05, 3.63) is 11.8 Å². The third-order valence-electron chi connectivity index (χ3n) is 0.516. The molecule has 0 aromatic rings. The van der Waals surface area contributed by atoms with Gasteiger partial charge in [-0.25, -0.2) is 4.79 Å². The van der Waals surface area contributed by atoms with E-state index in [1.807, 2.05) is 0 Å². The van der Waals surface area contributed by atoms with Crippen LogP contribution in [-0.2, 0) is 4.79 Å². The summed E-state index contributed by atoms with van der Waals surface area (Å²) < 4.78 is 0. The molecule has 0 spiro atoms. The second kappa shape index (κ2) is 3.04. The number of hydroxylamine groups is 1. The fraction of sp³-hybridized carbons (Fsp3) is 0.250. The van der Waals surface area contributed by atoms with Gasteiger partial charge in [-0.15, -0.1) is 0 Å². The van der Waals surface area contributed by atoms with Gasteiger partial charge in [0.2, 0.25) is 0 Å². The molecular formula is C4H7NO3. The van der Waals surface area contributed by atoms with Gasteiger partial charge in [0, 0.05) is 11.8 Å². The molecule has 46 valence electrons. The molecule has 0 fully saturated rings. The maximum absolute atomic E-state index is 9.74. The largest absolute Gasteiger partial charge is 0.478 e. The van der Waals surface area contributed by atoms with Crippen LogP contribution in [0.15, 0.2) is 11.8 Å². The Morgan fingerprint density at radius 1 is 1.75 bits per heavy atom. The molecule has 0 aliphatic carbocycles. The van der Waals surface area contributed by atoms with Crippen molar-refractivity contribution in [2.24, 2.45) is 0 Å². The van der Waals surface area contributed by atoms with Crippen LogP contribution in [0.2, 0.25) is 0 Å². The smallest absolute Gasteiger partial charge is 0.330 e. The Morgan fingerprint density at radius 3 is 2.38 bits per heavy atom. The Balaban J connectivity index is 3.75. The van der Waals surface area contributed by atoms with Crippen LogP contribution in [0.3, 0.4) is 0 Å². The fourth-order valence-corrected chi connectivity index (χ4v) is 0.217. The number of hydrogen-bond donors (Lipinski definition) is 3. The minimum atomic E-state index is -1.08. The zero-order valence-electron chi connectivity index (χ0n) is 4.38. The summed E-state index contributed by atoms with van der Waals surface area (Å²) in [6.07, 6.45) is 0.861. The summed E-state index contributed by atoms with van der Waals surface area (Å²) in [5.74, 6) is -1.08. The van der Waals surface area contributed by atoms with Crippen molar-refractivity contribution in [2.45, 2.75) is 6.92 Å². The molecule has 0 amide bonds. The van der Waals surface area contributed by atoms with Gasteiger partial charge >= 0.3 is 5.97 Å². The third-order valence-corrected chi connectivity index (χ3v) is 0.516. The standard InChI is InChI=1S/C4H7NO3/c1-3(5-8)2-4(6)7/h2,5,8H,1H3,(H,6,7). The van der Waals surface area contributed by atoms with Crippen LogP contribution in [0.25, 0.3) is 0 Å². The minimum Gasteiger partial charge on any atom is -0.478 e. The molecule has 0 unspecified atom stereocenters. The molecule has 0 aromatic carbocycles. The number of aliphatic carboxylic acids is 1. The lowest BCUT2D eigenvalue weighted by Crippen LogP contribution is -2.05. The van der Waals surface area contributed by atoms with E-state index < -0.39 is 5.97 Å². The van der Waals surface area contributed by atoms with Crippen LogP contribution in [0.5, 0.6) is 0 Å². The summed E-state index contributed by atoms with van der Waals surface area (Å²) in [5.41, 5.74) is 1.88. The molecule has 4 heteroatoms. The highest BCUT2D eigenvalue weighted by Gasteiger charge is 1.88. The van der Waals surface area contributed by atoms with Gasteiger partial charge in [-0.3, -0.25) is 10.7 Å². The molecule has 4 nitrogen and oxygen atoms in total. The van der Waals surface area contributed by atoms with Crippen molar-refractivity contribution in [1.29, 1.82) is 0 Å². The zero-order chi connectivity index (χ0) is 6.57. The number of carboxylic acid groups (broad SMARTS) is 1. The molecule has 0 saturated carbocycles. The first-order valence-corrected chi connectivity index (χ1v) is 1.98. The van der Waals surface area contributed by atoms with Crippen LogP contribution in [0, 0.1) is 0 Å². The van der Waals surface area contributed by atoms with E-state index in [0.29, 0.717) is 0 Å². The summed E-state index contributed by atoms with van der Waals surface area (Å²) in [6, 6.07) is 0. The third kappa shape index (κ3) is 3.17. The van der Waals surface area contributed by atoms with E-state index in [9.17, 15) is 4.79 Å². The minimum absolute atomic E-state index is 0.206. The molecule has 0 saturated heterocycles. The quantitative estimate of drug-likeness (QED) is 0.350. The Morgan fingerprint density at radius 2 is 2.25 bits per heavy atom. The van der Waals surface area contributed by atoms with E-state index in [1.165, 1.54) is 6.92 Å². The van der Waals surface area contributed by atoms with Gasteiger partial charge in [-0.1, -0.05) is 0 Å². The van der Waals surface area contributed by atoms with Crippen LogP contribution in [0.4, 0.5) is 0 Å². The van der Waals surface area contributed by atoms with E-state index in [0.717, 1.165) is 6.08 Å². The summed E-state index contributed by atoms with van der Waals surface area (Å²) in [5, 5.41) is 16.0. The van der Waals surface area contributed by atoms with Gasteiger partial charge < -0.3 is 5.11 Å². The molecule has 3 N–H and O–H groups in total. The summed E-state index contributed by atoms with van der Waals surface area (Å²) in [6.45, 7) is 1.44. The zero-order valence-corrected chi connectivity index (χ0v) is 4.38. The first kappa shape index (κ1) is 6.97. The number of hydrogen-bond acceptors (Lipinski definition) is 3. The number of carbonyl (C=O) groups is 1. The highest BCUT2D eigenvalue weighted by molar-refractivity contribution is 5.80. The van der Waals surface area contributed by atoms with Crippen LogP contribution < -0.4 is 5.48 Å². The van der Waals surface area contributed by atoms with E-state index >= 15 is 0 Å². The Bertz CT molecular complexity index is 118. The van der Waals surface area contributed by atoms with Gasteiger partial charge in [0.05, 0.1) is 0 Å². The second-order valence-corrected chi connectivity index (χ2v) is 1.28. The SMILES string of the molecule is CC(=CC(=O)O)NO. The lowest BCUT2D eigenvalue weighted by atomic mass is 10.4. The number of rotatable bonds is 2. The highest BCUT2D eigenvalue weighted by atomic mass is 16.5. The monoisotopic (exact) mass is 117 g/mol. The van der Waals surface area contributed by atoms with Crippen molar-refractivity contribution in [2.75, 3.05) is 0 Å². The normalized spacial score (nSPS) is 11.0. The van der Waals surface area contributed by atoms with Crippen molar-refractivity contribution in [3.63, 3.8) is 0 Å². The molecule has 0 heterocycles. The number of nitrogens with one attached hydrogen (secondary N) is 1. The van der Waals surface area contributed by atoms with Gasteiger partial charge in [-0.2, -0.15) is 0 Å². The van der Waals surface area contributed by atoms with Crippen molar-refractivity contribution in [3.8, 4) is 0 Å². The summed E-state index contributed by atoms with van der Waals surface area (Å²) in [7, 11) is 0. The van der Waals surface area contributed by atoms with Crippen LogP contribution in [-0.4, -0.2) is 16.3 Å². The predicted molar refractivity (Wildman–Crippen MR) is 26.3 cm³/mol. The topological polar surface area (TPSA) is 69.6 Å². The van der Waals surface area contributed by atoms with E-state index in [1.54, 1.807) is 5.48 Å².